The molecule has 7 heteroatoms. The lowest BCUT2D eigenvalue weighted by Crippen LogP contribution is -2.39. The van der Waals surface area contributed by atoms with Crippen molar-refractivity contribution < 1.29 is 9.53 Å². The van der Waals surface area contributed by atoms with Crippen molar-refractivity contribution >= 4 is 22.8 Å². The molecule has 3 aromatic rings. The lowest BCUT2D eigenvalue weighted by molar-refractivity contribution is 0.0914. The normalized spacial score (nSPS) is 20.7. The van der Waals surface area contributed by atoms with Gasteiger partial charge in [-0.2, -0.15) is 0 Å². The quantitative estimate of drug-likeness (QED) is 0.699. The predicted octanol–water partition coefficient (Wildman–Crippen LogP) is 3.24. The Labute approximate surface area is 175 Å². The van der Waals surface area contributed by atoms with E-state index in [9.17, 15) is 4.79 Å². The Balaban J connectivity index is 1.42. The summed E-state index contributed by atoms with van der Waals surface area (Å²) in [6.07, 6.45) is 3.63. The number of H-pyrrole nitrogens is 1. The van der Waals surface area contributed by atoms with E-state index in [1.165, 1.54) is 0 Å². The van der Waals surface area contributed by atoms with Crippen LogP contribution in [0, 0.1) is 5.41 Å². The van der Waals surface area contributed by atoms with E-state index in [-0.39, 0.29) is 17.4 Å². The molecular formula is C23H27N5O2. The van der Waals surface area contributed by atoms with Gasteiger partial charge in [0.15, 0.2) is 0 Å². The predicted molar refractivity (Wildman–Crippen MR) is 116 cm³/mol. The molecule has 0 saturated carbocycles. The van der Waals surface area contributed by atoms with Crippen molar-refractivity contribution in [1.29, 1.82) is 0 Å². The second-order valence-corrected chi connectivity index (χ2v) is 9.01. The second kappa shape index (κ2) is 7.40. The molecule has 1 aliphatic heterocycles. The summed E-state index contributed by atoms with van der Waals surface area (Å²) in [6, 6.07) is 9.71. The molecule has 1 atom stereocenters. The first-order chi connectivity index (χ1) is 14.5. The van der Waals surface area contributed by atoms with Crippen molar-refractivity contribution in [3.8, 4) is 0 Å². The molecule has 7 nitrogen and oxygen atoms in total. The molecule has 156 valence electrons. The van der Waals surface area contributed by atoms with Gasteiger partial charge in [0.1, 0.15) is 5.69 Å². The number of anilines is 1. The molecule has 1 aliphatic carbocycles. The van der Waals surface area contributed by atoms with Crippen molar-refractivity contribution in [3.05, 3.63) is 53.5 Å². The number of aromatic amines is 1. The summed E-state index contributed by atoms with van der Waals surface area (Å²) in [5, 5.41) is 4.26. The smallest absolute Gasteiger partial charge is 0.268 e. The SMILES string of the molecule is CC1(C)Cc2nc(N3CCOCC3)ncc2[C@H](NC(=O)c2cc3ccccc3[nH]2)C1. The van der Waals surface area contributed by atoms with Crippen LogP contribution in [0.25, 0.3) is 10.9 Å². The first kappa shape index (κ1) is 19.1. The van der Waals surface area contributed by atoms with E-state index in [0.29, 0.717) is 18.9 Å². The zero-order valence-electron chi connectivity index (χ0n) is 17.4. The molecule has 2 aromatic heterocycles. The molecule has 2 aliphatic rings. The van der Waals surface area contributed by atoms with E-state index in [1.807, 2.05) is 36.5 Å². The van der Waals surface area contributed by atoms with Crippen LogP contribution in [0.4, 0.5) is 5.95 Å². The number of benzene rings is 1. The van der Waals surface area contributed by atoms with Gasteiger partial charge < -0.3 is 19.9 Å². The number of fused-ring (bicyclic) bond motifs is 2. The fourth-order valence-corrected chi connectivity index (χ4v) is 4.51. The van der Waals surface area contributed by atoms with E-state index in [1.54, 1.807) is 0 Å². The monoisotopic (exact) mass is 405 g/mol. The van der Waals surface area contributed by atoms with Gasteiger partial charge in [-0.25, -0.2) is 9.97 Å². The number of para-hydroxylation sites is 1. The van der Waals surface area contributed by atoms with Gasteiger partial charge in [-0.05, 0) is 30.4 Å². The highest BCUT2D eigenvalue weighted by Crippen LogP contribution is 2.40. The minimum absolute atomic E-state index is 0.0437. The van der Waals surface area contributed by atoms with E-state index >= 15 is 0 Å². The summed E-state index contributed by atoms with van der Waals surface area (Å²) in [7, 11) is 0. The minimum Gasteiger partial charge on any atom is -0.378 e. The van der Waals surface area contributed by atoms with E-state index < -0.39 is 0 Å². The largest absolute Gasteiger partial charge is 0.378 e. The highest BCUT2D eigenvalue weighted by Gasteiger charge is 2.35. The van der Waals surface area contributed by atoms with E-state index in [0.717, 1.165) is 54.0 Å². The number of ether oxygens (including phenoxy) is 1. The number of nitrogens with one attached hydrogen (secondary N) is 2. The molecule has 1 aromatic carbocycles. The van der Waals surface area contributed by atoms with Crippen LogP contribution in [0.15, 0.2) is 36.5 Å². The number of morpholine rings is 1. The van der Waals surface area contributed by atoms with Gasteiger partial charge in [-0.15, -0.1) is 0 Å². The highest BCUT2D eigenvalue weighted by molar-refractivity contribution is 5.98. The molecule has 0 spiro atoms. The third-order valence-electron chi connectivity index (χ3n) is 6.04. The number of hydrogen-bond acceptors (Lipinski definition) is 5. The Bertz CT molecular complexity index is 1050. The number of hydrogen-bond donors (Lipinski definition) is 2. The Hall–Kier alpha value is -2.93. The minimum atomic E-state index is -0.110. The van der Waals surface area contributed by atoms with Crippen molar-refractivity contribution in [3.63, 3.8) is 0 Å². The zero-order valence-corrected chi connectivity index (χ0v) is 17.4. The number of aromatic nitrogens is 3. The highest BCUT2D eigenvalue weighted by atomic mass is 16.5. The summed E-state index contributed by atoms with van der Waals surface area (Å²) in [6.45, 7) is 7.48. The van der Waals surface area contributed by atoms with Crippen LogP contribution in [0.2, 0.25) is 0 Å². The maximum Gasteiger partial charge on any atom is 0.268 e. The van der Waals surface area contributed by atoms with Crippen LogP contribution in [-0.2, 0) is 11.2 Å². The molecule has 5 rings (SSSR count). The molecule has 1 amide bonds. The molecule has 1 fully saturated rings. The van der Waals surface area contributed by atoms with Crippen LogP contribution in [0.5, 0.6) is 0 Å². The van der Waals surface area contributed by atoms with E-state index in [2.05, 4.69) is 34.0 Å². The molecule has 3 heterocycles. The van der Waals surface area contributed by atoms with Gasteiger partial charge in [-0.1, -0.05) is 32.0 Å². The fraction of sp³-hybridized carbons (Fsp3) is 0.435. The molecule has 1 saturated heterocycles. The summed E-state index contributed by atoms with van der Waals surface area (Å²) in [5.74, 6) is 0.660. The van der Waals surface area contributed by atoms with Crippen molar-refractivity contribution in [2.45, 2.75) is 32.7 Å². The van der Waals surface area contributed by atoms with Crippen LogP contribution in [-0.4, -0.2) is 47.2 Å². The topological polar surface area (TPSA) is 83.1 Å². The maximum atomic E-state index is 13.0. The summed E-state index contributed by atoms with van der Waals surface area (Å²) >= 11 is 0. The van der Waals surface area contributed by atoms with Crippen molar-refractivity contribution in [2.24, 2.45) is 5.41 Å². The number of rotatable bonds is 3. The standard InChI is InChI=1S/C23H27N5O2/c1-23(2)12-19(26-21(29)18-11-15-5-3-4-6-17(15)25-18)16-14-24-22(27-20(16)13-23)28-7-9-30-10-8-28/h3-6,11,14,19,25H,7-10,12-13H2,1-2H3,(H,26,29)/t19-/m1/s1. The molecule has 0 unspecified atom stereocenters. The number of nitrogens with zero attached hydrogens (tertiary/aromatic N) is 3. The van der Waals surface area contributed by atoms with Crippen molar-refractivity contribution in [1.82, 2.24) is 20.3 Å². The Morgan fingerprint density at radius 3 is 2.87 bits per heavy atom. The lowest BCUT2D eigenvalue weighted by atomic mass is 9.74. The zero-order chi connectivity index (χ0) is 20.7. The maximum absolute atomic E-state index is 13.0. The Kier molecular flexibility index (Phi) is 4.70. The van der Waals surface area contributed by atoms with E-state index in [4.69, 9.17) is 9.72 Å². The first-order valence-corrected chi connectivity index (χ1v) is 10.6. The molecular weight excluding hydrogens is 378 g/mol. The molecule has 30 heavy (non-hydrogen) atoms. The van der Waals surface area contributed by atoms with Gasteiger partial charge in [0, 0.05) is 35.8 Å². The average Bonchev–Trinajstić information content (AvgIpc) is 3.18. The van der Waals surface area contributed by atoms with Gasteiger partial charge >= 0.3 is 0 Å². The first-order valence-electron chi connectivity index (χ1n) is 10.6. The summed E-state index contributed by atoms with van der Waals surface area (Å²) < 4.78 is 5.44. The summed E-state index contributed by atoms with van der Waals surface area (Å²) in [5.41, 5.74) is 3.64. The van der Waals surface area contributed by atoms with Crippen LogP contribution in [0.3, 0.4) is 0 Å². The summed E-state index contributed by atoms with van der Waals surface area (Å²) in [4.78, 5) is 27.9. The van der Waals surface area contributed by atoms with Gasteiger partial charge in [-0.3, -0.25) is 4.79 Å². The van der Waals surface area contributed by atoms with Crippen LogP contribution < -0.4 is 10.2 Å². The number of carbonyl (C=O) groups excluding carboxylic acids is 1. The molecule has 0 bridgehead atoms. The van der Waals surface area contributed by atoms with Gasteiger partial charge in [0.05, 0.1) is 24.9 Å². The third-order valence-corrected chi connectivity index (χ3v) is 6.04. The Morgan fingerprint density at radius 1 is 1.27 bits per heavy atom. The second-order valence-electron chi connectivity index (χ2n) is 9.01. The lowest BCUT2D eigenvalue weighted by Gasteiger charge is -2.37. The van der Waals surface area contributed by atoms with Gasteiger partial charge in [0.25, 0.3) is 5.91 Å². The fourth-order valence-electron chi connectivity index (χ4n) is 4.51. The number of amides is 1. The van der Waals surface area contributed by atoms with Crippen LogP contribution >= 0.6 is 0 Å². The Morgan fingerprint density at radius 2 is 2.07 bits per heavy atom. The third kappa shape index (κ3) is 3.65. The average molecular weight is 406 g/mol. The molecule has 0 radical (unpaired) electrons. The number of carbonyl (C=O) groups is 1. The molecule has 2 N–H and O–H groups in total. The van der Waals surface area contributed by atoms with Crippen molar-refractivity contribution in [2.75, 3.05) is 31.2 Å². The van der Waals surface area contributed by atoms with Gasteiger partial charge in [0.2, 0.25) is 5.95 Å². The van der Waals surface area contributed by atoms with Crippen LogP contribution in [0.1, 0.15) is 48.1 Å².